The molecule has 5 heteroatoms. The fraction of sp³-hybridized carbons (Fsp3) is 0.600. The van der Waals surface area contributed by atoms with Crippen LogP contribution in [0.1, 0.15) is 19.8 Å². The summed E-state index contributed by atoms with van der Waals surface area (Å²) < 4.78 is 0. The van der Waals surface area contributed by atoms with E-state index < -0.39 is 0 Å². The third-order valence-electron chi connectivity index (χ3n) is 2.17. The van der Waals surface area contributed by atoms with E-state index in [1.54, 1.807) is 6.20 Å². The van der Waals surface area contributed by atoms with Gasteiger partial charge in [-0.2, -0.15) is 0 Å². The minimum absolute atomic E-state index is 0.151. The van der Waals surface area contributed by atoms with Gasteiger partial charge in [0.25, 0.3) is 5.56 Å². The van der Waals surface area contributed by atoms with Crippen molar-refractivity contribution in [1.82, 2.24) is 9.97 Å². The SMILES string of the molecule is CCCCN(CCN)c1ncc[nH]c1=O. The van der Waals surface area contributed by atoms with Crippen LogP contribution in [0, 0.1) is 0 Å². The van der Waals surface area contributed by atoms with Crippen molar-refractivity contribution in [2.45, 2.75) is 19.8 Å². The highest BCUT2D eigenvalue weighted by Crippen LogP contribution is 2.03. The Bertz CT molecular complexity index is 336. The molecule has 84 valence electrons. The maximum Gasteiger partial charge on any atom is 0.290 e. The molecule has 1 rings (SSSR count). The molecule has 5 nitrogen and oxygen atoms in total. The maximum absolute atomic E-state index is 11.5. The summed E-state index contributed by atoms with van der Waals surface area (Å²) in [6.07, 6.45) is 5.25. The Hall–Kier alpha value is -1.36. The Morgan fingerprint density at radius 3 is 2.93 bits per heavy atom. The van der Waals surface area contributed by atoms with Crippen molar-refractivity contribution in [3.05, 3.63) is 22.7 Å². The smallest absolute Gasteiger partial charge is 0.290 e. The zero-order valence-corrected chi connectivity index (χ0v) is 9.07. The lowest BCUT2D eigenvalue weighted by Gasteiger charge is -2.21. The van der Waals surface area contributed by atoms with E-state index in [2.05, 4.69) is 16.9 Å². The molecule has 0 unspecified atom stereocenters. The third kappa shape index (κ3) is 3.36. The number of nitrogens with zero attached hydrogens (tertiary/aromatic N) is 2. The van der Waals surface area contributed by atoms with Gasteiger partial charge in [-0.1, -0.05) is 13.3 Å². The molecule has 0 bridgehead atoms. The standard InChI is InChI=1S/C10H18N4O/c1-2-3-7-14(8-4-11)9-10(15)13-6-5-12-9/h5-6H,2-4,7-8,11H2,1H3,(H,13,15). The summed E-state index contributed by atoms with van der Waals surface area (Å²) in [6.45, 7) is 4.14. The van der Waals surface area contributed by atoms with Crippen molar-refractivity contribution in [3.63, 3.8) is 0 Å². The summed E-state index contributed by atoms with van der Waals surface area (Å²) in [7, 11) is 0. The predicted molar refractivity (Wildman–Crippen MR) is 61.0 cm³/mol. The zero-order chi connectivity index (χ0) is 11.1. The molecule has 0 aliphatic rings. The summed E-state index contributed by atoms with van der Waals surface area (Å²) in [4.78, 5) is 20.1. The number of hydrogen-bond acceptors (Lipinski definition) is 4. The molecule has 0 aliphatic heterocycles. The second-order valence-corrected chi connectivity index (χ2v) is 3.37. The Labute approximate surface area is 89.3 Å². The van der Waals surface area contributed by atoms with Crippen molar-refractivity contribution in [2.75, 3.05) is 24.5 Å². The zero-order valence-electron chi connectivity index (χ0n) is 9.07. The monoisotopic (exact) mass is 210 g/mol. The van der Waals surface area contributed by atoms with Crippen molar-refractivity contribution in [1.29, 1.82) is 0 Å². The highest BCUT2D eigenvalue weighted by molar-refractivity contribution is 5.34. The number of anilines is 1. The molecular weight excluding hydrogens is 192 g/mol. The molecule has 0 fully saturated rings. The normalized spacial score (nSPS) is 10.3. The lowest BCUT2D eigenvalue weighted by atomic mass is 10.3. The van der Waals surface area contributed by atoms with E-state index >= 15 is 0 Å². The molecule has 1 aromatic rings. The predicted octanol–water partition coefficient (Wildman–Crippen LogP) is 0.335. The van der Waals surface area contributed by atoms with E-state index in [-0.39, 0.29) is 5.56 Å². The van der Waals surface area contributed by atoms with Crippen LogP contribution in [0.15, 0.2) is 17.2 Å². The van der Waals surface area contributed by atoms with Crippen LogP contribution in [0.4, 0.5) is 5.82 Å². The average molecular weight is 210 g/mol. The fourth-order valence-electron chi connectivity index (χ4n) is 1.40. The average Bonchev–Trinajstić information content (AvgIpc) is 2.25. The molecule has 0 spiro atoms. The van der Waals surface area contributed by atoms with Crippen molar-refractivity contribution in [3.8, 4) is 0 Å². The van der Waals surface area contributed by atoms with E-state index in [4.69, 9.17) is 5.73 Å². The summed E-state index contributed by atoms with van der Waals surface area (Å²) >= 11 is 0. The van der Waals surface area contributed by atoms with Gasteiger partial charge in [0.05, 0.1) is 0 Å². The number of rotatable bonds is 6. The lowest BCUT2D eigenvalue weighted by molar-refractivity contribution is 0.703. The maximum atomic E-state index is 11.5. The first-order valence-electron chi connectivity index (χ1n) is 5.28. The van der Waals surface area contributed by atoms with Gasteiger partial charge in [-0.25, -0.2) is 4.98 Å². The minimum Gasteiger partial charge on any atom is -0.351 e. The van der Waals surface area contributed by atoms with Gasteiger partial charge in [0, 0.05) is 32.0 Å². The summed E-state index contributed by atoms with van der Waals surface area (Å²) in [6, 6.07) is 0. The first-order valence-corrected chi connectivity index (χ1v) is 5.28. The van der Waals surface area contributed by atoms with Crippen molar-refractivity contribution >= 4 is 5.82 Å². The molecule has 0 saturated carbocycles. The van der Waals surface area contributed by atoms with Crippen molar-refractivity contribution < 1.29 is 0 Å². The first kappa shape index (κ1) is 11.7. The Morgan fingerprint density at radius 2 is 2.33 bits per heavy atom. The summed E-state index contributed by atoms with van der Waals surface area (Å²) in [5.74, 6) is 0.469. The van der Waals surface area contributed by atoms with Crippen LogP contribution in [0.3, 0.4) is 0 Å². The van der Waals surface area contributed by atoms with Gasteiger partial charge in [-0.15, -0.1) is 0 Å². The molecule has 0 saturated heterocycles. The van der Waals surface area contributed by atoms with Crippen LogP contribution in [-0.2, 0) is 0 Å². The van der Waals surface area contributed by atoms with E-state index in [1.165, 1.54) is 6.20 Å². The summed E-state index contributed by atoms with van der Waals surface area (Å²) in [5.41, 5.74) is 5.36. The fourth-order valence-corrected chi connectivity index (χ4v) is 1.40. The van der Waals surface area contributed by atoms with Crippen molar-refractivity contribution in [2.24, 2.45) is 5.73 Å². The van der Waals surface area contributed by atoms with E-state index in [9.17, 15) is 4.79 Å². The molecule has 0 aromatic carbocycles. The summed E-state index contributed by atoms with van der Waals surface area (Å²) in [5, 5.41) is 0. The van der Waals surface area contributed by atoms with Gasteiger partial charge < -0.3 is 15.6 Å². The van der Waals surface area contributed by atoms with E-state index in [0.717, 1.165) is 19.4 Å². The Morgan fingerprint density at radius 1 is 1.53 bits per heavy atom. The Kier molecular flexibility index (Phi) is 4.83. The van der Waals surface area contributed by atoms with Crippen LogP contribution in [0.5, 0.6) is 0 Å². The molecular formula is C10H18N4O. The van der Waals surface area contributed by atoms with Crippen LogP contribution in [0.25, 0.3) is 0 Å². The highest BCUT2D eigenvalue weighted by atomic mass is 16.1. The number of H-pyrrole nitrogens is 1. The van der Waals surface area contributed by atoms with Gasteiger partial charge in [-0.05, 0) is 6.42 Å². The molecule has 3 N–H and O–H groups in total. The van der Waals surface area contributed by atoms with E-state index in [0.29, 0.717) is 18.9 Å². The molecule has 15 heavy (non-hydrogen) atoms. The molecule has 1 heterocycles. The van der Waals surface area contributed by atoms with Gasteiger partial charge in [0.2, 0.25) is 0 Å². The number of aromatic nitrogens is 2. The van der Waals surface area contributed by atoms with Crippen LogP contribution in [-0.4, -0.2) is 29.6 Å². The third-order valence-corrected chi connectivity index (χ3v) is 2.17. The van der Waals surface area contributed by atoms with E-state index in [1.807, 2.05) is 4.90 Å². The van der Waals surface area contributed by atoms with Crippen LogP contribution in [0.2, 0.25) is 0 Å². The van der Waals surface area contributed by atoms with Gasteiger partial charge >= 0.3 is 0 Å². The molecule has 0 atom stereocenters. The topological polar surface area (TPSA) is 75.0 Å². The number of nitrogens with two attached hydrogens (primary N) is 1. The lowest BCUT2D eigenvalue weighted by Crippen LogP contribution is -2.35. The largest absolute Gasteiger partial charge is 0.351 e. The minimum atomic E-state index is -0.151. The van der Waals surface area contributed by atoms with Gasteiger partial charge in [0.15, 0.2) is 5.82 Å². The number of nitrogens with one attached hydrogen (secondary N) is 1. The van der Waals surface area contributed by atoms with Gasteiger partial charge in [-0.3, -0.25) is 4.79 Å². The number of hydrogen-bond donors (Lipinski definition) is 2. The molecule has 1 aromatic heterocycles. The molecule has 0 radical (unpaired) electrons. The second kappa shape index (κ2) is 6.19. The van der Waals surface area contributed by atoms with Crippen LogP contribution < -0.4 is 16.2 Å². The van der Waals surface area contributed by atoms with Crippen LogP contribution >= 0.6 is 0 Å². The molecule has 0 amide bonds. The second-order valence-electron chi connectivity index (χ2n) is 3.37. The quantitative estimate of drug-likeness (QED) is 0.709. The number of unbranched alkanes of at least 4 members (excludes halogenated alkanes) is 1. The first-order chi connectivity index (χ1) is 7.29. The number of aromatic amines is 1. The molecule has 0 aliphatic carbocycles. The Balaban J connectivity index is 2.79. The highest BCUT2D eigenvalue weighted by Gasteiger charge is 2.09. The van der Waals surface area contributed by atoms with Gasteiger partial charge in [0.1, 0.15) is 0 Å².